The molecule has 0 saturated carbocycles. The van der Waals surface area contributed by atoms with Gasteiger partial charge in [0.2, 0.25) is 0 Å². The lowest BCUT2D eigenvalue weighted by atomic mass is 10.1. The molecule has 4 aromatic rings. The van der Waals surface area contributed by atoms with E-state index in [1.807, 2.05) is 93.2 Å². The number of hydrogen-bond acceptors (Lipinski definition) is 5. The number of ether oxygens (including phenoxy) is 1. The molecule has 2 aromatic carbocycles. The zero-order valence-electron chi connectivity index (χ0n) is 21.8. The van der Waals surface area contributed by atoms with Gasteiger partial charge in [0.1, 0.15) is 18.5 Å². The largest absolute Gasteiger partial charge is 0.490 e. The number of rotatable bonds is 10. The second-order valence-corrected chi connectivity index (χ2v) is 8.71. The van der Waals surface area contributed by atoms with Crippen LogP contribution in [-0.2, 0) is 6.54 Å². The average molecular weight is 511 g/mol. The van der Waals surface area contributed by atoms with Gasteiger partial charge in [-0.15, -0.1) is 11.3 Å². The third kappa shape index (κ3) is 7.68. The zero-order chi connectivity index (χ0) is 26.5. The predicted molar refractivity (Wildman–Crippen MR) is 150 cm³/mol. The molecule has 0 fully saturated rings. The molecule has 0 saturated heterocycles. The van der Waals surface area contributed by atoms with Crippen LogP contribution in [-0.4, -0.2) is 46.0 Å². The van der Waals surface area contributed by atoms with Gasteiger partial charge >= 0.3 is 5.97 Å². The molecule has 0 spiro atoms. The first kappa shape index (κ1) is 29.1. The van der Waals surface area contributed by atoms with Crippen LogP contribution in [0.5, 0.6) is 5.75 Å². The highest BCUT2D eigenvalue weighted by molar-refractivity contribution is 7.13. The number of nitrogens with one attached hydrogen (secondary N) is 1. The molecule has 0 amide bonds. The molecule has 4 rings (SSSR count). The van der Waals surface area contributed by atoms with Crippen molar-refractivity contribution in [2.24, 2.45) is 0 Å². The van der Waals surface area contributed by atoms with Crippen LogP contribution in [0.3, 0.4) is 0 Å². The lowest BCUT2D eigenvalue weighted by Crippen LogP contribution is -2.38. The number of aromatic nitrogens is 1. The van der Waals surface area contributed by atoms with Crippen molar-refractivity contribution in [3.63, 3.8) is 0 Å². The van der Waals surface area contributed by atoms with Crippen LogP contribution >= 0.6 is 11.3 Å². The van der Waals surface area contributed by atoms with Gasteiger partial charge in [-0.3, -0.25) is 0 Å². The Morgan fingerprint density at radius 1 is 1.03 bits per heavy atom. The number of aliphatic hydroxyl groups is 1. The number of carboxylic acid groups (broad SMARTS) is 1. The van der Waals surface area contributed by atoms with E-state index in [2.05, 4.69) is 11.4 Å². The summed E-state index contributed by atoms with van der Waals surface area (Å²) in [6, 6.07) is 19.1. The molecule has 2 heterocycles. The van der Waals surface area contributed by atoms with Gasteiger partial charge in [-0.1, -0.05) is 52.0 Å². The maximum absolute atomic E-state index is 11.4. The monoisotopic (exact) mass is 510 g/mol. The van der Waals surface area contributed by atoms with Crippen molar-refractivity contribution in [1.29, 1.82) is 0 Å². The number of aromatic carboxylic acids is 1. The number of carboxylic acids is 1. The summed E-state index contributed by atoms with van der Waals surface area (Å²) in [6.45, 7) is 11.3. The summed E-state index contributed by atoms with van der Waals surface area (Å²) in [5, 5.41) is 25.9. The average Bonchev–Trinajstić information content (AvgIpc) is 3.59. The van der Waals surface area contributed by atoms with Crippen molar-refractivity contribution in [3.05, 3.63) is 77.8 Å². The van der Waals surface area contributed by atoms with E-state index >= 15 is 0 Å². The normalized spacial score (nSPS) is 12.1. The maximum atomic E-state index is 11.4. The fourth-order valence-corrected chi connectivity index (χ4v) is 4.50. The minimum atomic E-state index is -0.928. The van der Waals surface area contributed by atoms with Gasteiger partial charge in [-0.25, -0.2) is 4.79 Å². The highest BCUT2D eigenvalue weighted by Crippen LogP contribution is 2.33. The standard InChI is InChI=1S/C25H26N2O4S.2C2H6/c1-17(15-27-12-11-19-20(25(29)30)7-4-8-22(19)27)26-14-18(28)16-31-23-9-3-2-6-21(23)24-10-5-13-32-24;2*1-2/h2-13,17-18,26,28H,14-16H2,1H3,(H,29,30);2*1-2H3. The van der Waals surface area contributed by atoms with Crippen LogP contribution in [0, 0.1) is 0 Å². The fourth-order valence-electron chi connectivity index (χ4n) is 3.74. The molecule has 0 radical (unpaired) electrons. The highest BCUT2D eigenvalue weighted by Gasteiger charge is 2.14. The molecule has 0 aliphatic heterocycles. The summed E-state index contributed by atoms with van der Waals surface area (Å²) in [7, 11) is 0. The minimum absolute atomic E-state index is 0.0761. The number of aliphatic hydroxyl groups excluding tert-OH is 1. The Morgan fingerprint density at radius 2 is 1.78 bits per heavy atom. The van der Waals surface area contributed by atoms with Crippen molar-refractivity contribution in [2.75, 3.05) is 13.2 Å². The Labute approximate surface area is 218 Å². The highest BCUT2D eigenvalue weighted by atomic mass is 32.1. The Bertz CT molecular complexity index is 1190. The number of para-hydroxylation sites is 1. The first-order valence-corrected chi connectivity index (χ1v) is 13.4. The third-order valence-corrected chi connectivity index (χ3v) is 6.22. The Morgan fingerprint density at radius 3 is 2.47 bits per heavy atom. The molecule has 7 heteroatoms. The Hall–Kier alpha value is -3.13. The van der Waals surface area contributed by atoms with E-state index < -0.39 is 12.1 Å². The van der Waals surface area contributed by atoms with Gasteiger partial charge in [0, 0.05) is 46.7 Å². The second-order valence-electron chi connectivity index (χ2n) is 7.76. The molecule has 0 bridgehead atoms. The summed E-state index contributed by atoms with van der Waals surface area (Å²) >= 11 is 1.65. The van der Waals surface area contributed by atoms with Crippen molar-refractivity contribution in [2.45, 2.75) is 53.3 Å². The summed E-state index contributed by atoms with van der Waals surface area (Å²) < 4.78 is 7.94. The molecular weight excluding hydrogens is 472 g/mol. The summed E-state index contributed by atoms with van der Waals surface area (Å²) in [6.07, 6.45) is 1.24. The van der Waals surface area contributed by atoms with E-state index in [-0.39, 0.29) is 12.6 Å². The van der Waals surface area contributed by atoms with Crippen molar-refractivity contribution >= 4 is 28.2 Å². The topological polar surface area (TPSA) is 83.7 Å². The van der Waals surface area contributed by atoms with E-state index in [0.29, 0.717) is 18.7 Å². The van der Waals surface area contributed by atoms with Crippen LogP contribution in [0.2, 0.25) is 0 Å². The molecule has 6 nitrogen and oxygen atoms in total. The van der Waals surface area contributed by atoms with Crippen LogP contribution in [0.1, 0.15) is 45.0 Å². The first-order chi connectivity index (χ1) is 17.5. The van der Waals surface area contributed by atoms with E-state index in [9.17, 15) is 15.0 Å². The molecule has 194 valence electrons. The molecule has 2 aromatic heterocycles. The number of thiophene rings is 1. The van der Waals surface area contributed by atoms with Crippen LogP contribution in [0.4, 0.5) is 0 Å². The van der Waals surface area contributed by atoms with Crippen LogP contribution in [0.15, 0.2) is 72.2 Å². The molecule has 3 N–H and O–H groups in total. The molecule has 0 aliphatic carbocycles. The number of fused-ring (bicyclic) bond motifs is 1. The van der Waals surface area contributed by atoms with E-state index in [4.69, 9.17) is 4.74 Å². The molecule has 0 aliphatic rings. The summed E-state index contributed by atoms with van der Waals surface area (Å²) in [5.41, 5.74) is 2.21. The lowest BCUT2D eigenvalue weighted by Gasteiger charge is -2.19. The van der Waals surface area contributed by atoms with Gasteiger partial charge in [-0.05, 0) is 48.7 Å². The van der Waals surface area contributed by atoms with E-state index in [1.54, 1.807) is 23.5 Å². The number of benzene rings is 2. The Balaban J connectivity index is 0.00000109. The predicted octanol–water partition coefficient (Wildman–Crippen LogP) is 6.54. The molecular formula is C29H38N2O4S. The van der Waals surface area contributed by atoms with E-state index in [1.165, 1.54) is 0 Å². The molecule has 2 unspecified atom stereocenters. The van der Waals surface area contributed by atoms with Crippen molar-refractivity contribution < 1.29 is 19.7 Å². The van der Waals surface area contributed by atoms with Gasteiger partial charge in [0.25, 0.3) is 0 Å². The first-order valence-electron chi connectivity index (χ1n) is 12.5. The minimum Gasteiger partial charge on any atom is -0.490 e. The van der Waals surface area contributed by atoms with Gasteiger partial charge in [0.15, 0.2) is 0 Å². The maximum Gasteiger partial charge on any atom is 0.336 e. The number of hydrogen-bond donors (Lipinski definition) is 3. The summed E-state index contributed by atoms with van der Waals surface area (Å²) in [5.74, 6) is -0.168. The zero-order valence-corrected chi connectivity index (χ0v) is 22.6. The summed E-state index contributed by atoms with van der Waals surface area (Å²) in [4.78, 5) is 12.5. The number of carbonyl (C=O) groups is 1. The van der Waals surface area contributed by atoms with Gasteiger partial charge in [-0.2, -0.15) is 0 Å². The van der Waals surface area contributed by atoms with E-state index in [0.717, 1.165) is 27.1 Å². The van der Waals surface area contributed by atoms with Gasteiger partial charge < -0.3 is 24.8 Å². The quantitative estimate of drug-likeness (QED) is 0.226. The van der Waals surface area contributed by atoms with Crippen LogP contribution < -0.4 is 10.1 Å². The van der Waals surface area contributed by atoms with Gasteiger partial charge in [0.05, 0.1) is 5.56 Å². The van der Waals surface area contributed by atoms with Crippen molar-refractivity contribution in [1.82, 2.24) is 9.88 Å². The number of nitrogens with zero attached hydrogens (tertiary/aromatic N) is 1. The fraction of sp³-hybridized carbons (Fsp3) is 0.345. The Kier molecular flexibility index (Phi) is 12.2. The lowest BCUT2D eigenvalue weighted by molar-refractivity contribution is 0.0699. The SMILES string of the molecule is CC.CC.CC(Cn1ccc2c(C(=O)O)cccc21)NCC(O)COc1ccccc1-c1cccs1. The molecule has 36 heavy (non-hydrogen) atoms. The second kappa shape index (κ2) is 15.1. The molecule has 2 atom stereocenters. The van der Waals surface area contributed by atoms with Crippen LogP contribution in [0.25, 0.3) is 21.3 Å². The van der Waals surface area contributed by atoms with Crippen molar-refractivity contribution in [3.8, 4) is 16.2 Å². The smallest absolute Gasteiger partial charge is 0.336 e. The third-order valence-electron chi connectivity index (χ3n) is 5.32.